The molecule has 3 nitrogen and oxygen atoms in total. The highest BCUT2D eigenvalue weighted by atomic mass is 32.2. The number of hydrogen-bond acceptors (Lipinski definition) is 3. The third-order valence-electron chi connectivity index (χ3n) is 2.04. The number of benzene rings is 1. The lowest BCUT2D eigenvalue weighted by molar-refractivity contribution is 0.459. The maximum Gasteiger partial charge on any atom is 0.132 e. The van der Waals surface area contributed by atoms with Crippen molar-refractivity contribution in [2.24, 2.45) is 0 Å². The molecule has 0 spiro atoms. The van der Waals surface area contributed by atoms with Crippen molar-refractivity contribution in [1.82, 2.24) is 0 Å². The van der Waals surface area contributed by atoms with Crippen LogP contribution >= 0.6 is 0 Å². The Kier molecular flexibility index (Phi) is 2.58. The minimum absolute atomic E-state index is 0.0672. The summed E-state index contributed by atoms with van der Waals surface area (Å²) in [7, 11) is -2.96. The number of phenolic OH excluding ortho intramolecular Hbond substituents is 1. The summed E-state index contributed by atoms with van der Waals surface area (Å²) in [5, 5.41) is 9.51. The van der Waals surface area contributed by atoms with Crippen LogP contribution in [0, 0.1) is 4.78 Å². The summed E-state index contributed by atoms with van der Waals surface area (Å²) in [6.07, 6.45) is 0. The average Bonchev–Trinajstić information content (AvgIpc) is 2.02. The van der Waals surface area contributed by atoms with Crippen molar-refractivity contribution in [1.29, 1.82) is 4.78 Å². The normalized spacial score (nSPS) is 16.2. The Morgan fingerprint density at radius 3 is 2.21 bits per heavy atom. The molecule has 0 bridgehead atoms. The van der Waals surface area contributed by atoms with Crippen LogP contribution in [0.25, 0.3) is 0 Å². The van der Waals surface area contributed by atoms with E-state index in [1.807, 2.05) is 0 Å². The van der Waals surface area contributed by atoms with E-state index in [9.17, 15) is 9.32 Å². The maximum absolute atomic E-state index is 12.1. The van der Waals surface area contributed by atoms with Crippen LogP contribution in [-0.4, -0.2) is 14.1 Å². The molecule has 0 amide bonds. The number of para-hydroxylation sites is 1. The minimum Gasteiger partial charge on any atom is -0.507 e. The molecule has 78 valence electrons. The number of phenols is 1. The molecule has 0 radical (unpaired) electrons. The van der Waals surface area contributed by atoms with Gasteiger partial charge in [-0.05, 0) is 32.9 Å². The van der Waals surface area contributed by atoms with E-state index in [2.05, 4.69) is 0 Å². The second-order valence-corrected chi connectivity index (χ2v) is 6.91. The zero-order valence-corrected chi connectivity index (χ0v) is 9.39. The zero-order chi connectivity index (χ0) is 11.0. The average molecular weight is 213 g/mol. The third-order valence-corrected chi connectivity index (χ3v) is 4.73. The fourth-order valence-corrected chi connectivity index (χ4v) is 2.32. The lowest BCUT2D eigenvalue weighted by Gasteiger charge is -2.23. The number of aromatic hydroxyl groups is 1. The van der Waals surface area contributed by atoms with E-state index in [-0.39, 0.29) is 10.6 Å². The highest BCUT2D eigenvalue weighted by Crippen LogP contribution is 2.31. The first-order valence-corrected chi connectivity index (χ1v) is 5.89. The van der Waals surface area contributed by atoms with Gasteiger partial charge in [-0.3, -0.25) is 0 Å². The molecule has 4 heteroatoms. The van der Waals surface area contributed by atoms with E-state index >= 15 is 0 Å². The van der Waals surface area contributed by atoms with Gasteiger partial charge in [0.05, 0.1) is 19.4 Å². The van der Waals surface area contributed by atoms with Crippen molar-refractivity contribution >= 4 is 9.73 Å². The molecule has 0 aromatic heterocycles. The molecule has 0 aliphatic carbocycles. The standard InChI is InChI=1S/C10H15NO2S/c1-10(2,3)14(11,13)9-7-5-4-6-8(9)12/h4-7,11-12H,1-3H3/t14-/m0/s1. The van der Waals surface area contributed by atoms with Crippen molar-refractivity contribution < 1.29 is 9.32 Å². The van der Waals surface area contributed by atoms with Gasteiger partial charge in [0.2, 0.25) is 0 Å². The predicted octanol–water partition coefficient (Wildman–Crippen LogP) is 2.60. The first-order chi connectivity index (χ1) is 6.27. The van der Waals surface area contributed by atoms with Gasteiger partial charge in [-0.1, -0.05) is 12.1 Å². The topological polar surface area (TPSA) is 61.2 Å². The highest BCUT2D eigenvalue weighted by molar-refractivity contribution is 7.93. The van der Waals surface area contributed by atoms with Crippen LogP contribution in [0.2, 0.25) is 0 Å². The molecule has 0 heterocycles. The van der Waals surface area contributed by atoms with Crippen LogP contribution in [0.3, 0.4) is 0 Å². The summed E-state index contributed by atoms with van der Waals surface area (Å²) in [5.74, 6) is -0.0672. The lowest BCUT2D eigenvalue weighted by Crippen LogP contribution is -2.26. The van der Waals surface area contributed by atoms with E-state index in [0.717, 1.165) is 0 Å². The van der Waals surface area contributed by atoms with Crippen LogP contribution in [-0.2, 0) is 9.73 Å². The van der Waals surface area contributed by atoms with E-state index in [0.29, 0.717) is 0 Å². The van der Waals surface area contributed by atoms with Crippen LogP contribution in [0.5, 0.6) is 5.75 Å². The van der Waals surface area contributed by atoms with E-state index < -0.39 is 14.5 Å². The van der Waals surface area contributed by atoms with Crippen molar-refractivity contribution in [3.05, 3.63) is 24.3 Å². The van der Waals surface area contributed by atoms with Gasteiger partial charge in [0.15, 0.2) is 0 Å². The van der Waals surface area contributed by atoms with E-state index in [1.54, 1.807) is 32.9 Å². The van der Waals surface area contributed by atoms with Crippen molar-refractivity contribution in [2.45, 2.75) is 30.4 Å². The van der Waals surface area contributed by atoms with Crippen molar-refractivity contribution in [3.8, 4) is 5.75 Å². The Morgan fingerprint density at radius 2 is 1.79 bits per heavy atom. The summed E-state index contributed by atoms with van der Waals surface area (Å²) < 4.78 is 19.3. The maximum atomic E-state index is 12.1. The van der Waals surface area contributed by atoms with Gasteiger partial charge in [-0.2, -0.15) is 0 Å². The largest absolute Gasteiger partial charge is 0.507 e. The van der Waals surface area contributed by atoms with Crippen LogP contribution in [0.4, 0.5) is 0 Å². The molecular formula is C10H15NO2S. The second-order valence-electron chi connectivity index (χ2n) is 4.14. The Balaban J connectivity index is 3.40. The number of rotatable bonds is 1. The first-order valence-electron chi connectivity index (χ1n) is 4.33. The molecule has 14 heavy (non-hydrogen) atoms. The molecule has 0 unspecified atom stereocenters. The molecule has 0 aliphatic heterocycles. The Labute approximate surface area is 84.8 Å². The van der Waals surface area contributed by atoms with Gasteiger partial charge < -0.3 is 5.11 Å². The highest BCUT2D eigenvalue weighted by Gasteiger charge is 2.28. The molecule has 0 fully saturated rings. The fourth-order valence-electron chi connectivity index (χ4n) is 1.03. The van der Waals surface area contributed by atoms with Gasteiger partial charge in [0.25, 0.3) is 0 Å². The van der Waals surface area contributed by atoms with Gasteiger partial charge in [-0.25, -0.2) is 8.99 Å². The lowest BCUT2D eigenvalue weighted by atomic mass is 10.3. The molecule has 2 N–H and O–H groups in total. The molecule has 0 saturated carbocycles. The van der Waals surface area contributed by atoms with Gasteiger partial charge in [0.1, 0.15) is 5.75 Å². The molecule has 0 saturated heterocycles. The van der Waals surface area contributed by atoms with Crippen molar-refractivity contribution in [3.63, 3.8) is 0 Å². The van der Waals surface area contributed by atoms with Crippen LogP contribution < -0.4 is 0 Å². The molecule has 1 rings (SSSR count). The molecule has 1 aromatic carbocycles. The summed E-state index contributed by atoms with van der Waals surface area (Å²) in [5.41, 5.74) is 0. The molecule has 1 aromatic rings. The predicted molar refractivity (Wildman–Crippen MR) is 57.0 cm³/mol. The monoisotopic (exact) mass is 213 g/mol. The van der Waals surface area contributed by atoms with Gasteiger partial charge in [0, 0.05) is 0 Å². The summed E-state index contributed by atoms with van der Waals surface area (Å²) in [4.78, 5) is 0.215. The number of hydrogen-bond donors (Lipinski definition) is 2. The fraction of sp³-hybridized carbons (Fsp3) is 0.400. The summed E-state index contributed by atoms with van der Waals surface area (Å²) in [6.45, 7) is 5.19. The first kappa shape index (κ1) is 11.0. The number of nitrogens with one attached hydrogen (secondary N) is 1. The van der Waals surface area contributed by atoms with Crippen molar-refractivity contribution in [2.75, 3.05) is 0 Å². The third kappa shape index (κ3) is 1.75. The van der Waals surface area contributed by atoms with Gasteiger partial charge in [-0.15, -0.1) is 0 Å². The van der Waals surface area contributed by atoms with Crippen LogP contribution in [0.15, 0.2) is 29.2 Å². The Morgan fingerprint density at radius 1 is 1.29 bits per heavy atom. The minimum atomic E-state index is -2.96. The quantitative estimate of drug-likeness (QED) is 0.753. The molecular weight excluding hydrogens is 198 g/mol. The Bertz CT molecular complexity index is 430. The van der Waals surface area contributed by atoms with Crippen LogP contribution in [0.1, 0.15) is 20.8 Å². The second kappa shape index (κ2) is 3.28. The smallest absolute Gasteiger partial charge is 0.132 e. The molecule has 1 atom stereocenters. The summed E-state index contributed by atoms with van der Waals surface area (Å²) in [6, 6.07) is 6.32. The zero-order valence-electron chi connectivity index (χ0n) is 8.57. The molecule has 0 aliphatic rings. The summed E-state index contributed by atoms with van der Waals surface area (Å²) >= 11 is 0. The SMILES string of the molecule is CC(C)(C)[S@@](=N)(=O)c1ccccc1O. The van der Waals surface area contributed by atoms with E-state index in [1.165, 1.54) is 12.1 Å². The van der Waals surface area contributed by atoms with E-state index in [4.69, 9.17) is 4.78 Å². The van der Waals surface area contributed by atoms with Gasteiger partial charge >= 0.3 is 0 Å². The Hall–Kier alpha value is -1.03.